The van der Waals surface area contributed by atoms with E-state index in [9.17, 15) is 4.79 Å². The number of nitrogens with two attached hydrogens (primary N) is 1. The highest BCUT2D eigenvalue weighted by Crippen LogP contribution is 2.17. The van der Waals surface area contributed by atoms with Crippen LogP contribution >= 0.6 is 0 Å². The van der Waals surface area contributed by atoms with Crippen LogP contribution in [0.25, 0.3) is 0 Å². The van der Waals surface area contributed by atoms with Gasteiger partial charge in [0.25, 0.3) is 0 Å². The maximum atomic E-state index is 12.1. The van der Waals surface area contributed by atoms with Crippen LogP contribution in [0, 0.1) is 0 Å². The van der Waals surface area contributed by atoms with Crippen LogP contribution in [0.2, 0.25) is 0 Å². The summed E-state index contributed by atoms with van der Waals surface area (Å²) >= 11 is 0. The van der Waals surface area contributed by atoms with Crippen LogP contribution in [0.15, 0.2) is 24.3 Å². The first-order chi connectivity index (χ1) is 8.58. The van der Waals surface area contributed by atoms with Crippen molar-refractivity contribution in [1.29, 1.82) is 0 Å². The smallest absolute Gasteiger partial charge is 0.227 e. The Labute approximate surface area is 109 Å². The van der Waals surface area contributed by atoms with E-state index in [2.05, 4.69) is 0 Å². The second kappa shape index (κ2) is 7.01. The van der Waals surface area contributed by atoms with Crippen LogP contribution in [-0.4, -0.2) is 25.7 Å². The van der Waals surface area contributed by atoms with Crippen molar-refractivity contribution in [2.45, 2.75) is 32.8 Å². The lowest BCUT2D eigenvalue weighted by Crippen LogP contribution is -2.31. The summed E-state index contributed by atoms with van der Waals surface area (Å²) in [7, 11) is 1.66. The monoisotopic (exact) mass is 250 g/mol. The minimum atomic E-state index is 0.110. The molecule has 0 radical (unpaired) electrons. The minimum absolute atomic E-state index is 0.110. The average molecular weight is 250 g/mol. The number of amides is 1. The van der Waals surface area contributed by atoms with Crippen LogP contribution in [0.4, 0.5) is 11.4 Å². The molecule has 0 bridgehead atoms. The van der Waals surface area contributed by atoms with Crippen LogP contribution in [0.3, 0.4) is 0 Å². The SMILES string of the molecule is CCN(C(=O)CCC(C)OC)c1ccc(N)cc1. The number of methoxy groups -OCH3 is 1. The average Bonchev–Trinajstić information content (AvgIpc) is 2.39. The molecule has 1 amide bonds. The Hall–Kier alpha value is -1.55. The zero-order valence-corrected chi connectivity index (χ0v) is 11.3. The first kappa shape index (κ1) is 14.5. The van der Waals surface area contributed by atoms with Gasteiger partial charge >= 0.3 is 0 Å². The van der Waals surface area contributed by atoms with Crippen molar-refractivity contribution in [2.75, 3.05) is 24.3 Å². The fraction of sp³-hybridized carbons (Fsp3) is 0.500. The Kier molecular flexibility index (Phi) is 5.65. The Balaban J connectivity index is 2.65. The molecule has 4 nitrogen and oxygen atoms in total. The molecular weight excluding hydrogens is 228 g/mol. The van der Waals surface area contributed by atoms with E-state index < -0.39 is 0 Å². The van der Waals surface area contributed by atoms with Crippen molar-refractivity contribution in [1.82, 2.24) is 0 Å². The molecule has 4 heteroatoms. The van der Waals surface area contributed by atoms with E-state index in [1.165, 1.54) is 0 Å². The van der Waals surface area contributed by atoms with Crippen molar-refractivity contribution >= 4 is 17.3 Å². The summed E-state index contributed by atoms with van der Waals surface area (Å²) in [4.78, 5) is 13.9. The van der Waals surface area contributed by atoms with E-state index in [1.807, 2.05) is 38.1 Å². The van der Waals surface area contributed by atoms with E-state index in [0.717, 1.165) is 12.1 Å². The lowest BCUT2D eigenvalue weighted by Gasteiger charge is -2.22. The molecule has 0 aliphatic rings. The van der Waals surface area contributed by atoms with Gasteiger partial charge in [0.2, 0.25) is 5.91 Å². The summed E-state index contributed by atoms with van der Waals surface area (Å²) in [5.41, 5.74) is 7.24. The van der Waals surface area contributed by atoms with E-state index in [-0.39, 0.29) is 12.0 Å². The molecule has 2 N–H and O–H groups in total. The zero-order valence-electron chi connectivity index (χ0n) is 11.3. The molecule has 1 rings (SSSR count). The first-order valence-electron chi connectivity index (χ1n) is 6.27. The van der Waals surface area contributed by atoms with Crippen LogP contribution in [0.1, 0.15) is 26.7 Å². The zero-order chi connectivity index (χ0) is 13.5. The third-order valence-electron chi connectivity index (χ3n) is 2.99. The summed E-state index contributed by atoms with van der Waals surface area (Å²) in [6.45, 7) is 4.59. The van der Waals surface area contributed by atoms with Gasteiger partial charge in [-0.15, -0.1) is 0 Å². The highest BCUT2D eigenvalue weighted by molar-refractivity contribution is 5.93. The van der Waals surface area contributed by atoms with Gasteiger partial charge in [-0.25, -0.2) is 0 Å². The quantitative estimate of drug-likeness (QED) is 0.789. The number of hydrogen-bond donors (Lipinski definition) is 1. The lowest BCUT2D eigenvalue weighted by molar-refractivity contribution is -0.119. The van der Waals surface area contributed by atoms with Crippen molar-refractivity contribution in [2.24, 2.45) is 0 Å². The topological polar surface area (TPSA) is 55.6 Å². The highest BCUT2D eigenvalue weighted by Gasteiger charge is 2.14. The summed E-state index contributed by atoms with van der Waals surface area (Å²) in [6, 6.07) is 7.36. The number of anilines is 2. The largest absolute Gasteiger partial charge is 0.399 e. The number of nitrogens with zero attached hydrogens (tertiary/aromatic N) is 1. The molecule has 1 aromatic carbocycles. The Morgan fingerprint density at radius 1 is 1.39 bits per heavy atom. The fourth-order valence-electron chi connectivity index (χ4n) is 1.74. The number of carbonyl (C=O) groups excluding carboxylic acids is 1. The predicted octanol–water partition coefficient (Wildman–Crippen LogP) is 2.44. The Morgan fingerprint density at radius 3 is 2.50 bits per heavy atom. The number of hydrogen-bond acceptors (Lipinski definition) is 3. The molecule has 0 spiro atoms. The third kappa shape index (κ3) is 4.04. The molecule has 1 unspecified atom stereocenters. The van der Waals surface area contributed by atoms with Gasteiger partial charge in [0, 0.05) is 31.5 Å². The standard InChI is InChI=1S/C14H22N2O2/c1-4-16(13-8-6-12(15)7-9-13)14(17)10-5-11(2)18-3/h6-9,11H,4-5,10,15H2,1-3H3. The molecule has 0 saturated heterocycles. The van der Waals surface area contributed by atoms with Crippen LogP contribution in [-0.2, 0) is 9.53 Å². The van der Waals surface area contributed by atoms with E-state index in [1.54, 1.807) is 12.0 Å². The van der Waals surface area contributed by atoms with Gasteiger partial charge in [-0.1, -0.05) is 0 Å². The molecule has 0 aliphatic heterocycles. The van der Waals surface area contributed by atoms with Gasteiger partial charge in [-0.2, -0.15) is 0 Å². The molecule has 18 heavy (non-hydrogen) atoms. The minimum Gasteiger partial charge on any atom is -0.399 e. The molecule has 100 valence electrons. The van der Waals surface area contributed by atoms with E-state index >= 15 is 0 Å². The van der Waals surface area contributed by atoms with Crippen molar-refractivity contribution in [3.63, 3.8) is 0 Å². The lowest BCUT2D eigenvalue weighted by atomic mass is 10.2. The molecule has 0 aromatic heterocycles. The number of carbonyl (C=O) groups is 1. The summed E-state index contributed by atoms with van der Waals surface area (Å²) < 4.78 is 5.15. The third-order valence-corrected chi connectivity index (χ3v) is 2.99. The van der Waals surface area contributed by atoms with Crippen LogP contribution < -0.4 is 10.6 Å². The van der Waals surface area contributed by atoms with Gasteiger partial charge in [-0.05, 0) is 44.5 Å². The number of benzene rings is 1. The van der Waals surface area contributed by atoms with Gasteiger partial charge in [-0.3, -0.25) is 4.79 Å². The van der Waals surface area contributed by atoms with Gasteiger partial charge < -0.3 is 15.4 Å². The number of rotatable bonds is 6. The fourth-order valence-corrected chi connectivity index (χ4v) is 1.74. The van der Waals surface area contributed by atoms with E-state index in [4.69, 9.17) is 10.5 Å². The van der Waals surface area contributed by atoms with Crippen molar-refractivity contribution < 1.29 is 9.53 Å². The van der Waals surface area contributed by atoms with Crippen molar-refractivity contribution in [3.8, 4) is 0 Å². The van der Waals surface area contributed by atoms with Gasteiger partial charge in [0.15, 0.2) is 0 Å². The molecular formula is C14H22N2O2. The molecule has 0 heterocycles. The van der Waals surface area contributed by atoms with E-state index in [0.29, 0.717) is 18.7 Å². The molecule has 1 atom stereocenters. The van der Waals surface area contributed by atoms with Crippen molar-refractivity contribution in [3.05, 3.63) is 24.3 Å². The maximum Gasteiger partial charge on any atom is 0.227 e. The summed E-state index contributed by atoms with van der Waals surface area (Å²) in [5, 5.41) is 0. The number of nitrogen functional groups attached to an aromatic ring is 1. The molecule has 0 aliphatic carbocycles. The number of ether oxygens (including phenoxy) is 1. The molecule has 0 saturated carbocycles. The van der Waals surface area contributed by atoms with Crippen LogP contribution in [0.5, 0.6) is 0 Å². The summed E-state index contributed by atoms with van der Waals surface area (Å²) in [6.07, 6.45) is 1.34. The molecule has 0 fully saturated rings. The highest BCUT2D eigenvalue weighted by atomic mass is 16.5. The Bertz CT molecular complexity index is 376. The van der Waals surface area contributed by atoms with Gasteiger partial charge in [0.1, 0.15) is 0 Å². The second-order valence-electron chi connectivity index (χ2n) is 4.31. The summed E-state index contributed by atoms with van der Waals surface area (Å²) in [5.74, 6) is 0.117. The normalized spacial score (nSPS) is 12.2. The predicted molar refractivity (Wildman–Crippen MR) is 74.6 cm³/mol. The molecule has 1 aromatic rings. The Morgan fingerprint density at radius 2 is 2.00 bits per heavy atom. The van der Waals surface area contributed by atoms with Gasteiger partial charge in [0.05, 0.1) is 6.10 Å². The second-order valence-corrected chi connectivity index (χ2v) is 4.31. The first-order valence-corrected chi connectivity index (χ1v) is 6.27. The maximum absolute atomic E-state index is 12.1.